The van der Waals surface area contributed by atoms with Crippen molar-refractivity contribution >= 4 is 45.3 Å². The third-order valence-corrected chi connectivity index (χ3v) is 8.10. The summed E-state index contributed by atoms with van der Waals surface area (Å²) in [5.41, 5.74) is 5.26. The minimum Gasteiger partial charge on any atom is -0.457 e. The van der Waals surface area contributed by atoms with Gasteiger partial charge in [0.1, 0.15) is 29.2 Å². The summed E-state index contributed by atoms with van der Waals surface area (Å²) in [7, 11) is 1.97. The standard InChI is InChI=1S/C32H30N8O2/c1-4-5-30(41)39-16-22-7-8-23(17-39)40(22)29-13-10-25-31(37-29)32(34-18-33-25)36-21-6-12-28(20(2)14-21)42-24-9-11-27-26(15-24)35-19-38(27)3/h6,9-15,18-19,22-23H,7-8,16-17H2,1-3H3,(H,33,34,36). The van der Waals surface area contributed by atoms with Crippen LogP contribution in [0, 0.1) is 18.8 Å². The molecule has 2 fully saturated rings. The molecule has 2 unspecified atom stereocenters. The number of piperazine rings is 1. The number of nitrogens with zero attached hydrogens (tertiary/aromatic N) is 7. The topological polar surface area (TPSA) is 101 Å². The van der Waals surface area contributed by atoms with E-state index in [1.54, 1.807) is 19.6 Å². The molecule has 210 valence electrons. The van der Waals surface area contributed by atoms with Crippen LogP contribution >= 0.6 is 0 Å². The average Bonchev–Trinajstić information content (AvgIpc) is 3.49. The van der Waals surface area contributed by atoms with Crippen LogP contribution < -0.4 is 15.0 Å². The maximum atomic E-state index is 12.4. The van der Waals surface area contributed by atoms with E-state index in [0.717, 1.165) is 58.0 Å². The number of hydrogen-bond acceptors (Lipinski definition) is 8. The molecule has 10 heteroatoms. The number of hydrogen-bond donors (Lipinski definition) is 1. The zero-order valence-corrected chi connectivity index (χ0v) is 23.7. The largest absolute Gasteiger partial charge is 0.457 e. The summed E-state index contributed by atoms with van der Waals surface area (Å²) in [6, 6.07) is 16.3. The molecule has 7 rings (SSSR count). The van der Waals surface area contributed by atoms with Crippen LogP contribution in [0.4, 0.5) is 17.3 Å². The van der Waals surface area contributed by atoms with Gasteiger partial charge in [0.15, 0.2) is 5.82 Å². The maximum Gasteiger partial charge on any atom is 0.298 e. The first-order valence-corrected chi connectivity index (χ1v) is 14.0. The quantitative estimate of drug-likeness (QED) is 0.302. The van der Waals surface area contributed by atoms with Crippen LogP contribution in [0.3, 0.4) is 0 Å². The van der Waals surface area contributed by atoms with Crippen LogP contribution in [-0.4, -0.2) is 60.5 Å². The highest BCUT2D eigenvalue weighted by Crippen LogP contribution is 2.36. The maximum absolute atomic E-state index is 12.4. The number of carbonyl (C=O) groups excluding carboxylic acids is 1. The zero-order valence-electron chi connectivity index (χ0n) is 23.7. The summed E-state index contributed by atoms with van der Waals surface area (Å²) < 4.78 is 8.18. The molecule has 0 saturated carbocycles. The van der Waals surface area contributed by atoms with E-state index in [4.69, 9.17) is 9.72 Å². The van der Waals surface area contributed by atoms with Gasteiger partial charge in [0, 0.05) is 44.0 Å². The number of likely N-dealkylation sites (tertiary alicyclic amines) is 1. The first-order chi connectivity index (χ1) is 20.5. The van der Waals surface area contributed by atoms with Crippen LogP contribution in [0.2, 0.25) is 0 Å². The van der Waals surface area contributed by atoms with Crippen molar-refractivity contribution in [2.75, 3.05) is 23.3 Å². The number of pyridine rings is 1. The lowest BCUT2D eigenvalue weighted by atomic mass is 10.1. The van der Waals surface area contributed by atoms with E-state index in [-0.39, 0.29) is 18.0 Å². The summed E-state index contributed by atoms with van der Waals surface area (Å²) in [6.45, 7) is 5.02. The third-order valence-electron chi connectivity index (χ3n) is 8.10. The normalized spacial score (nSPS) is 17.8. The molecule has 2 aliphatic rings. The lowest BCUT2D eigenvalue weighted by Crippen LogP contribution is -2.55. The number of anilines is 3. The number of aromatic nitrogens is 5. The minimum atomic E-state index is -0.0959. The van der Waals surface area contributed by atoms with E-state index >= 15 is 0 Å². The number of benzene rings is 2. The first-order valence-electron chi connectivity index (χ1n) is 14.0. The third kappa shape index (κ3) is 4.63. The number of fused-ring (bicyclic) bond motifs is 4. The number of amides is 1. The molecule has 0 spiro atoms. The molecule has 2 aliphatic heterocycles. The number of nitrogens with one attached hydrogen (secondary N) is 1. The Hall–Kier alpha value is -5.17. The Balaban J connectivity index is 1.12. The van der Waals surface area contributed by atoms with Crippen molar-refractivity contribution in [1.82, 2.24) is 29.4 Å². The molecular formula is C32H30N8O2. The molecule has 42 heavy (non-hydrogen) atoms. The SMILES string of the molecule is CC#CC(=O)N1CC2CCC(C1)N2c1ccc2ncnc(Nc3ccc(Oc4ccc5c(c4)ncn5C)c(C)c3)c2n1. The highest BCUT2D eigenvalue weighted by atomic mass is 16.5. The van der Waals surface area contributed by atoms with Crippen LogP contribution in [0.1, 0.15) is 25.3 Å². The van der Waals surface area contributed by atoms with E-state index in [9.17, 15) is 4.79 Å². The fraction of sp³-hybridized carbons (Fsp3) is 0.281. The lowest BCUT2D eigenvalue weighted by molar-refractivity contribution is -0.126. The van der Waals surface area contributed by atoms with Gasteiger partial charge in [-0.25, -0.2) is 19.9 Å². The monoisotopic (exact) mass is 558 g/mol. The van der Waals surface area contributed by atoms with Gasteiger partial charge in [-0.2, -0.15) is 0 Å². The number of rotatable bonds is 5. The van der Waals surface area contributed by atoms with Crippen LogP contribution in [0.25, 0.3) is 22.1 Å². The van der Waals surface area contributed by atoms with Crippen molar-refractivity contribution in [3.8, 4) is 23.3 Å². The van der Waals surface area contributed by atoms with Gasteiger partial charge < -0.3 is 24.4 Å². The van der Waals surface area contributed by atoms with Crippen molar-refractivity contribution in [2.45, 2.75) is 38.8 Å². The van der Waals surface area contributed by atoms with Gasteiger partial charge >= 0.3 is 0 Å². The molecule has 5 aromatic rings. The van der Waals surface area contributed by atoms with Gasteiger partial charge in [-0.3, -0.25) is 4.79 Å². The van der Waals surface area contributed by atoms with E-state index in [0.29, 0.717) is 24.4 Å². The smallest absolute Gasteiger partial charge is 0.298 e. The van der Waals surface area contributed by atoms with Crippen molar-refractivity contribution in [1.29, 1.82) is 0 Å². The minimum absolute atomic E-state index is 0.0959. The van der Waals surface area contributed by atoms with Crippen LogP contribution in [0.5, 0.6) is 11.5 Å². The molecule has 0 radical (unpaired) electrons. The van der Waals surface area contributed by atoms with Gasteiger partial charge in [-0.15, -0.1) is 0 Å². The van der Waals surface area contributed by atoms with Crippen molar-refractivity contribution in [2.24, 2.45) is 7.05 Å². The Labute approximate surface area is 243 Å². The number of imidazole rings is 1. The van der Waals surface area contributed by atoms with Gasteiger partial charge in [-0.1, -0.05) is 5.92 Å². The van der Waals surface area contributed by atoms with Crippen molar-refractivity contribution in [3.63, 3.8) is 0 Å². The average molecular weight is 559 g/mol. The van der Waals surface area contributed by atoms with E-state index < -0.39 is 0 Å². The molecule has 2 aromatic carbocycles. The van der Waals surface area contributed by atoms with Crippen LogP contribution in [-0.2, 0) is 11.8 Å². The second kappa shape index (κ2) is 10.3. The Morgan fingerprint density at radius 3 is 2.62 bits per heavy atom. The number of carbonyl (C=O) groups is 1. The molecule has 0 aliphatic carbocycles. The van der Waals surface area contributed by atoms with E-state index in [2.05, 4.69) is 37.0 Å². The fourth-order valence-electron chi connectivity index (χ4n) is 6.08. The summed E-state index contributed by atoms with van der Waals surface area (Å²) in [5.74, 6) is 8.34. The molecule has 2 atom stereocenters. The van der Waals surface area contributed by atoms with Gasteiger partial charge in [0.25, 0.3) is 5.91 Å². The number of ether oxygens (including phenoxy) is 1. The van der Waals surface area contributed by atoms with E-state index in [1.807, 2.05) is 72.0 Å². The molecule has 3 aromatic heterocycles. The molecular weight excluding hydrogens is 528 g/mol. The molecule has 2 saturated heterocycles. The molecule has 5 heterocycles. The van der Waals surface area contributed by atoms with Crippen LogP contribution in [0.15, 0.2) is 61.2 Å². The molecule has 2 bridgehead atoms. The predicted molar refractivity (Wildman–Crippen MR) is 162 cm³/mol. The van der Waals surface area contributed by atoms with E-state index in [1.165, 1.54) is 0 Å². The summed E-state index contributed by atoms with van der Waals surface area (Å²) >= 11 is 0. The summed E-state index contributed by atoms with van der Waals surface area (Å²) in [5, 5.41) is 3.44. The molecule has 1 N–H and O–H groups in total. The molecule has 1 amide bonds. The lowest BCUT2D eigenvalue weighted by Gasteiger charge is -2.41. The van der Waals surface area contributed by atoms with Gasteiger partial charge in [0.05, 0.1) is 22.9 Å². The Morgan fingerprint density at radius 1 is 1.00 bits per heavy atom. The van der Waals surface area contributed by atoms with Crippen molar-refractivity contribution in [3.05, 3.63) is 66.7 Å². The Bertz CT molecular complexity index is 1890. The second-order valence-corrected chi connectivity index (χ2v) is 10.9. The van der Waals surface area contributed by atoms with Gasteiger partial charge in [-0.05, 0) is 80.6 Å². The second-order valence-electron chi connectivity index (χ2n) is 10.9. The number of aryl methyl sites for hydroxylation is 2. The fourth-order valence-corrected chi connectivity index (χ4v) is 6.08. The highest BCUT2D eigenvalue weighted by Gasteiger charge is 2.41. The zero-order chi connectivity index (χ0) is 28.8. The summed E-state index contributed by atoms with van der Waals surface area (Å²) in [4.78, 5) is 35.1. The molecule has 10 nitrogen and oxygen atoms in total. The Morgan fingerprint density at radius 2 is 1.83 bits per heavy atom. The predicted octanol–water partition coefficient (Wildman–Crippen LogP) is 4.96. The highest BCUT2D eigenvalue weighted by molar-refractivity contribution is 5.94. The Kier molecular flexibility index (Phi) is 6.35. The first kappa shape index (κ1) is 25.8. The van der Waals surface area contributed by atoms with Crippen molar-refractivity contribution < 1.29 is 9.53 Å². The van der Waals surface area contributed by atoms with Gasteiger partial charge in [0.2, 0.25) is 0 Å². The summed E-state index contributed by atoms with van der Waals surface area (Å²) in [6.07, 6.45) is 5.39.